The number of hydrogen-bond donors (Lipinski definition) is 1. The molecule has 19 heavy (non-hydrogen) atoms. The van der Waals surface area contributed by atoms with Crippen molar-refractivity contribution in [3.8, 4) is 0 Å². The minimum Gasteiger partial charge on any atom is -0.361 e. The number of nitrogens with zero attached hydrogens (tertiary/aromatic N) is 1. The lowest BCUT2D eigenvalue weighted by Gasteiger charge is -2.12. The van der Waals surface area contributed by atoms with Crippen molar-refractivity contribution < 1.29 is 9.32 Å². The molecule has 4 nitrogen and oxygen atoms in total. The molecule has 1 aromatic heterocycles. The molecule has 0 unspecified atom stereocenters. The molecule has 4 heteroatoms. The second-order valence-electron chi connectivity index (χ2n) is 4.53. The highest BCUT2D eigenvalue weighted by Gasteiger charge is 2.15. The number of aromatic nitrogens is 1. The van der Waals surface area contributed by atoms with Gasteiger partial charge in [0, 0.05) is 12.5 Å². The van der Waals surface area contributed by atoms with Gasteiger partial charge in [0.15, 0.2) is 5.69 Å². The summed E-state index contributed by atoms with van der Waals surface area (Å²) in [7, 11) is 0. The van der Waals surface area contributed by atoms with Gasteiger partial charge in [-0.1, -0.05) is 42.4 Å². The van der Waals surface area contributed by atoms with Gasteiger partial charge in [-0.15, -0.1) is 0 Å². The van der Waals surface area contributed by atoms with Crippen molar-refractivity contribution in [2.75, 3.05) is 0 Å². The van der Waals surface area contributed by atoms with Crippen molar-refractivity contribution in [1.82, 2.24) is 10.5 Å². The van der Waals surface area contributed by atoms with Gasteiger partial charge in [0.25, 0.3) is 5.91 Å². The highest BCUT2D eigenvalue weighted by atomic mass is 16.5. The number of nitrogens with one attached hydrogen (secondary N) is 1. The van der Waals surface area contributed by atoms with Gasteiger partial charge < -0.3 is 9.84 Å². The fourth-order valence-electron chi connectivity index (χ4n) is 1.88. The van der Waals surface area contributed by atoms with Crippen LogP contribution in [-0.4, -0.2) is 11.1 Å². The third-order valence-electron chi connectivity index (χ3n) is 2.94. The highest BCUT2D eigenvalue weighted by molar-refractivity contribution is 5.92. The largest absolute Gasteiger partial charge is 0.361 e. The van der Waals surface area contributed by atoms with Crippen LogP contribution in [0.4, 0.5) is 0 Å². The fraction of sp³-hybridized carbons (Fsp3) is 0.333. The summed E-state index contributed by atoms with van der Waals surface area (Å²) in [6.07, 6.45) is 1.77. The van der Waals surface area contributed by atoms with E-state index in [1.165, 1.54) is 0 Å². The van der Waals surface area contributed by atoms with E-state index in [2.05, 4.69) is 17.4 Å². The van der Waals surface area contributed by atoms with Gasteiger partial charge >= 0.3 is 0 Å². The Kier molecular flexibility index (Phi) is 4.34. The molecule has 0 saturated heterocycles. The Morgan fingerprint density at radius 2 is 2.11 bits per heavy atom. The summed E-state index contributed by atoms with van der Waals surface area (Å²) < 4.78 is 5.10. The second kappa shape index (κ2) is 6.18. The number of carbonyl (C=O) groups is 1. The van der Waals surface area contributed by atoms with E-state index in [0.717, 1.165) is 24.2 Å². The SMILES string of the molecule is CCCc1cc(C(=O)N[C@@H](C)c2ccccc2)no1. The molecular formula is C15H18N2O2. The van der Waals surface area contributed by atoms with Crippen molar-refractivity contribution >= 4 is 5.91 Å². The smallest absolute Gasteiger partial charge is 0.273 e. The monoisotopic (exact) mass is 258 g/mol. The Balaban J connectivity index is 2.00. The first-order valence-electron chi connectivity index (χ1n) is 6.52. The summed E-state index contributed by atoms with van der Waals surface area (Å²) in [5.41, 5.74) is 1.40. The maximum absolute atomic E-state index is 12.0. The predicted octanol–water partition coefficient (Wildman–Crippen LogP) is 3.12. The molecule has 0 aliphatic heterocycles. The Hall–Kier alpha value is -2.10. The van der Waals surface area contributed by atoms with E-state index in [4.69, 9.17) is 4.52 Å². The summed E-state index contributed by atoms with van der Waals surface area (Å²) in [5, 5.41) is 6.70. The lowest BCUT2D eigenvalue weighted by molar-refractivity contribution is 0.0930. The quantitative estimate of drug-likeness (QED) is 0.896. The number of hydrogen-bond acceptors (Lipinski definition) is 3. The summed E-state index contributed by atoms with van der Waals surface area (Å²) in [6.45, 7) is 4.00. The van der Waals surface area contributed by atoms with Crippen LogP contribution >= 0.6 is 0 Å². The molecule has 0 saturated carbocycles. The Morgan fingerprint density at radius 3 is 2.79 bits per heavy atom. The molecule has 0 spiro atoms. The normalized spacial score (nSPS) is 12.1. The standard InChI is InChI=1S/C15H18N2O2/c1-3-7-13-10-14(17-19-13)15(18)16-11(2)12-8-5-4-6-9-12/h4-6,8-11H,3,7H2,1-2H3,(H,16,18)/t11-/m0/s1. The number of carbonyl (C=O) groups excluding carboxylic acids is 1. The average molecular weight is 258 g/mol. The molecule has 0 fully saturated rings. The highest BCUT2D eigenvalue weighted by Crippen LogP contribution is 2.13. The first kappa shape index (κ1) is 13.3. The van der Waals surface area contributed by atoms with Crippen LogP contribution in [0, 0.1) is 0 Å². The van der Waals surface area contributed by atoms with Crippen molar-refractivity contribution in [2.24, 2.45) is 0 Å². The first-order valence-corrected chi connectivity index (χ1v) is 6.52. The van der Waals surface area contributed by atoms with Crippen molar-refractivity contribution in [3.05, 3.63) is 53.4 Å². The molecule has 1 amide bonds. The Morgan fingerprint density at radius 1 is 1.37 bits per heavy atom. The third kappa shape index (κ3) is 3.44. The lowest BCUT2D eigenvalue weighted by Crippen LogP contribution is -2.26. The Bertz CT molecular complexity index is 534. The minimum absolute atomic E-state index is 0.0555. The molecule has 2 rings (SSSR count). The maximum Gasteiger partial charge on any atom is 0.273 e. The summed E-state index contributed by atoms with van der Waals surface area (Å²) in [5.74, 6) is 0.544. The molecule has 1 heterocycles. The molecule has 0 aliphatic rings. The van der Waals surface area contributed by atoms with E-state index in [-0.39, 0.29) is 11.9 Å². The van der Waals surface area contributed by atoms with Crippen molar-refractivity contribution in [1.29, 1.82) is 0 Å². The van der Waals surface area contributed by atoms with Gasteiger partial charge in [-0.25, -0.2) is 0 Å². The number of benzene rings is 1. The molecule has 2 aromatic rings. The van der Waals surface area contributed by atoms with Crippen LogP contribution in [0.2, 0.25) is 0 Å². The van der Waals surface area contributed by atoms with Gasteiger partial charge in [0.1, 0.15) is 5.76 Å². The van der Waals surface area contributed by atoms with Crippen LogP contribution in [0.25, 0.3) is 0 Å². The van der Waals surface area contributed by atoms with Gasteiger partial charge in [-0.3, -0.25) is 4.79 Å². The first-order chi connectivity index (χ1) is 9.20. The van der Waals surface area contributed by atoms with Crippen molar-refractivity contribution in [3.63, 3.8) is 0 Å². The third-order valence-corrected chi connectivity index (χ3v) is 2.94. The molecule has 0 radical (unpaired) electrons. The van der Waals surface area contributed by atoms with Crippen molar-refractivity contribution in [2.45, 2.75) is 32.7 Å². The van der Waals surface area contributed by atoms with Gasteiger partial charge in [0.05, 0.1) is 6.04 Å². The number of rotatable bonds is 5. The van der Waals surface area contributed by atoms with Gasteiger partial charge in [-0.2, -0.15) is 0 Å². The molecule has 100 valence electrons. The Labute approximate surface area is 112 Å². The summed E-state index contributed by atoms with van der Waals surface area (Å²) in [6, 6.07) is 11.5. The second-order valence-corrected chi connectivity index (χ2v) is 4.53. The maximum atomic E-state index is 12.0. The van der Waals surface area contributed by atoms with Gasteiger partial charge in [-0.05, 0) is 18.9 Å². The van der Waals surface area contributed by atoms with Gasteiger partial charge in [0.2, 0.25) is 0 Å². The molecule has 1 N–H and O–H groups in total. The van der Waals surface area contributed by atoms with E-state index in [1.807, 2.05) is 37.3 Å². The minimum atomic E-state index is -0.206. The van der Waals surface area contributed by atoms with E-state index < -0.39 is 0 Å². The van der Waals surface area contributed by atoms with Crippen LogP contribution < -0.4 is 5.32 Å². The van der Waals surface area contributed by atoms with E-state index >= 15 is 0 Å². The summed E-state index contributed by atoms with van der Waals surface area (Å²) >= 11 is 0. The zero-order valence-corrected chi connectivity index (χ0v) is 11.2. The van der Waals surface area contributed by atoms with E-state index in [1.54, 1.807) is 6.07 Å². The van der Waals surface area contributed by atoms with Crippen LogP contribution in [0.1, 0.15) is 48.1 Å². The number of amides is 1. The van der Waals surface area contributed by atoms with E-state index in [0.29, 0.717) is 5.69 Å². The molecule has 0 aliphatic carbocycles. The molecule has 1 atom stereocenters. The van der Waals surface area contributed by atoms with E-state index in [9.17, 15) is 4.79 Å². The zero-order chi connectivity index (χ0) is 13.7. The average Bonchev–Trinajstić information content (AvgIpc) is 2.89. The van der Waals surface area contributed by atoms with Crippen LogP contribution in [-0.2, 0) is 6.42 Å². The topological polar surface area (TPSA) is 55.1 Å². The molecular weight excluding hydrogens is 240 g/mol. The predicted molar refractivity (Wildman–Crippen MR) is 72.8 cm³/mol. The summed E-state index contributed by atoms with van der Waals surface area (Å²) in [4.78, 5) is 12.0. The van der Waals surface area contributed by atoms with Crippen LogP contribution in [0.5, 0.6) is 0 Å². The number of aryl methyl sites for hydroxylation is 1. The van der Waals surface area contributed by atoms with Crippen LogP contribution in [0.15, 0.2) is 40.9 Å². The lowest BCUT2D eigenvalue weighted by atomic mass is 10.1. The fourth-order valence-corrected chi connectivity index (χ4v) is 1.88. The van der Waals surface area contributed by atoms with Crippen LogP contribution in [0.3, 0.4) is 0 Å². The molecule has 1 aromatic carbocycles. The molecule has 0 bridgehead atoms. The zero-order valence-electron chi connectivity index (χ0n) is 11.2.